The van der Waals surface area contributed by atoms with Gasteiger partial charge in [0.15, 0.2) is 5.76 Å². The van der Waals surface area contributed by atoms with E-state index in [0.29, 0.717) is 16.6 Å². The Morgan fingerprint density at radius 3 is 2.70 bits per heavy atom. The summed E-state index contributed by atoms with van der Waals surface area (Å²) in [7, 11) is 0. The molecule has 0 spiro atoms. The van der Waals surface area contributed by atoms with Crippen LogP contribution in [0.1, 0.15) is 62.1 Å². The summed E-state index contributed by atoms with van der Waals surface area (Å²) in [6.07, 6.45) is 6.17. The first kappa shape index (κ1) is 19.8. The topological polar surface area (TPSA) is 68.5 Å². The fourth-order valence-electron chi connectivity index (χ4n) is 3.40. The van der Waals surface area contributed by atoms with Gasteiger partial charge in [-0.15, -0.1) is 0 Å². The van der Waals surface area contributed by atoms with Gasteiger partial charge in [0.2, 0.25) is 0 Å². The summed E-state index contributed by atoms with van der Waals surface area (Å²) in [6, 6.07) is 7.70. The number of hydrogen-bond donors (Lipinski definition) is 1. The van der Waals surface area contributed by atoms with Crippen LogP contribution in [0.25, 0.3) is 11.0 Å². The zero-order valence-corrected chi connectivity index (χ0v) is 16.8. The molecule has 5 nitrogen and oxygen atoms in total. The van der Waals surface area contributed by atoms with Gasteiger partial charge in [0, 0.05) is 22.0 Å². The normalized spacial score (nSPS) is 15.2. The first-order chi connectivity index (χ1) is 13.0. The number of fused-ring (bicyclic) bond motifs is 1. The maximum atomic E-state index is 12.7. The number of amides is 1. The number of ether oxygens (including phenoxy) is 1. The summed E-state index contributed by atoms with van der Waals surface area (Å²) in [5.74, 6) is 0.219. The van der Waals surface area contributed by atoms with Crippen LogP contribution in [-0.4, -0.2) is 29.8 Å². The van der Waals surface area contributed by atoms with Gasteiger partial charge in [-0.25, -0.2) is 0 Å². The standard InChI is InChI=1S/C21H27NO4S/c1-14(2)25-19(23)12-22-21(24)20-17(13-27-15-8-4-3-5-9-15)16-10-6-7-11-18(16)26-20/h6-7,10-11,14-15H,3-5,8-9,12-13H2,1-2H3,(H,22,24). The molecule has 0 atom stereocenters. The molecule has 1 aromatic carbocycles. The summed E-state index contributed by atoms with van der Waals surface area (Å²) in [4.78, 5) is 24.4. The molecule has 1 saturated carbocycles. The third kappa shape index (κ3) is 5.28. The molecule has 3 rings (SSSR count). The van der Waals surface area contributed by atoms with E-state index in [0.717, 1.165) is 16.7 Å². The number of para-hydroxylation sites is 1. The van der Waals surface area contributed by atoms with Crippen molar-refractivity contribution < 1.29 is 18.7 Å². The van der Waals surface area contributed by atoms with Crippen molar-refractivity contribution in [2.24, 2.45) is 0 Å². The molecule has 1 heterocycles. The van der Waals surface area contributed by atoms with E-state index in [1.54, 1.807) is 13.8 Å². The highest BCUT2D eigenvalue weighted by atomic mass is 32.2. The molecule has 1 aliphatic rings. The predicted octanol–water partition coefficient (Wildman–Crippen LogP) is 4.68. The number of carbonyl (C=O) groups is 2. The molecule has 0 aliphatic heterocycles. The first-order valence-electron chi connectivity index (χ1n) is 9.64. The SMILES string of the molecule is CC(C)OC(=O)CNC(=O)c1oc2ccccc2c1CSC1CCCCC1. The van der Waals surface area contributed by atoms with E-state index in [2.05, 4.69) is 5.32 Å². The largest absolute Gasteiger partial charge is 0.462 e. The summed E-state index contributed by atoms with van der Waals surface area (Å²) in [5.41, 5.74) is 1.61. The van der Waals surface area contributed by atoms with Crippen LogP contribution in [0.4, 0.5) is 0 Å². The molecule has 0 saturated heterocycles. The zero-order chi connectivity index (χ0) is 19.2. The van der Waals surface area contributed by atoms with Crippen LogP contribution in [-0.2, 0) is 15.3 Å². The minimum absolute atomic E-state index is 0.163. The van der Waals surface area contributed by atoms with Crippen molar-refractivity contribution in [3.8, 4) is 0 Å². The fraction of sp³-hybridized carbons (Fsp3) is 0.524. The maximum Gasteiger partial charge on any atom is 0.325 e. The average molecular weight is 390 g/mol. The molecule has 0 bridgehead atoms. The second-order valence-corrected chi connectivity index (χ2v) is 8.49. The lowest BCUT2D eigenvalue weighted by Gasteiger charge is -2.20. The molecule has 1 aliphatic carbocycles. The Morgan fingerprint density at radius 1 is 1.22 bits per heavy atom. The molecule has 1 fully saturated rings. The van der Waals surface area contributed by atoms with Crippen LogP contribution >= 0.6 is 11.8 Å². The van der Waals surface area contributed by atoms with Crippen LogP contribution in [0.5, 0.6) is 0 Å². The van der Waals surface area contributed by atoms with Gasteiger partial charge in [-0.2, -0.15) is 11.8 Å². The monoisotopic (exact) mass is 389 g/mol. The number of rotatable bonds is 7. The van der Waals surface area contributed by atoms with E-state index in [1.807, 2.05) is 36.0 Å². The van der Waals surface area contributed by atoms with Gasteiger partial charge in [0.05, 0.1) is 6.10 Å². The molecule has 27 heavy (non-hydrogen) atoms. The number of esters is 1. The summed E-state index contributed by atoms with van der Waals surface area (Å²) < 4.78 is 10.9. The third-order valence-corrected chi connectivity index (χ3v) is 6.08. The van der Waals surface area contributed by atoms with Crippen molar-refractivity contribution >= 4 is 34.6 Å². The number of nitrogens with one attached hydrogen (secondary N) is 1. The van der Waals surface area contributed by atoms with Crippen molar-refractivity contribution in [3.05, 3.63) is 35.6 Å². The van der Waals surface area contributed by atoms with Gasteiger partial charge in [0.25, 0.3) is 5.91 Å². The van der Waals surface area contributed by atoms with E-state index in [9.17, 15) is 9.59 Å². The summed E-state index contributed by atoms with van der Waals surface area (Å²) in [6.45, 7) is 3.39. The van der Waals surface area contributed by atoms with Gasteiger partial charge in [-0.3, -0.25) is 9.59 Å². The summed E-state index contributed by atoms with van der Waals surface area (Å²) in [5, 5.41) is 4.24. The van der Waals surface area contributed by atoms with Crippen molar-refractivity contribution in [3.63, 3.8) is 0 Å². The average Bonchev–Trinajstić information content (AvgIpc) is 3.03. The highest BCUT2D eigenvalue weighted by Gasteiger charge is 2.23. The lowest BCUT2D eigenvalue weighted by atomic mass is 10.0. The Balaban J connectivity index is 1.73. The highest BCUT2D eigenvalue weighted by Crippen LogP contribution is 2.34. The molecule has 1 amide bonds. The van der Waals surface area contributed by atoms with Crippen LogP contribution in [0.2, 0.25) is 0 Å². The van der Waals surface area contributed by atoms with Gasteiger partial charge >= 0.3 is 5.97 Å². The Labute approximate surface area is 164 Å². The first-order valence-corrected chi connectivity index (χ1v) is 10.7. The van der Waals surface area contributed by atoms with E-state index in [1.165, 1.54) is 32.1 Å². The third-order valence-electron chi connectivity index (χ3n) is 4.68. The highest BCUT2D eigenvalue weighted by molar-refractivity contribution is 7.99. The molecular weight excluding hydrogens is 362 g/mol. The Hall–Kier alpha value is -1.95. The molecule has 6 heteroatoms. The summed E-state index contributed by atoms with van der Waals surface area (Å²) >= 11 is 1.90. The van der Waals surface area contributed by atoms with Gasteiger partial charge < -0.3 is 14.5 Å². The minimum atomic E-state index is -0.451. The minimum Gasteiger partial charge on any atom is -0.462 e. The zero-order valence-electron chi connectivity index (χ0n) is 16.0. The Bertz CT molecular complexity index is 793. The Kier molecular flexibility index (Phi) is 6.83. The molecule has 2 aromatic rings. The lowest BCUT2D eigenvalue weighted by Crippen LogP contribution is -2.32. The Morgan fingerprint density at radius 2 is 1.96 bits per heavy atom. The number of furan rings is 1. The van der Waals surface area contributed by atoms with Crippen molar-refractivity contribution in [1.29, 1.82) is 0 Å². The molecule has 0 unspecified atom stereocenters. The molecular formula is C21H27NO4S. The number of hydrogen-bond acceptors (Lipinski definition) is 5. The fourth-order valence-corrected chi connectivity index (χ4v) is 4.75. The predicted molar refractivity (Wildman–Crippen MR) is 108 cm³/mol. The smallest absolute Gasteiger partial charge is 0.325 e. The second kappa shape index (κ2) is 9.31. The molecule has 146 valence electrons. The van der Waals surface area contributed by atoms with E-state index in [4.69, 9.17) is 9.15 Å². The van der Waals surface area contributed by atoms with Crippen LogP contribution in [0.15, 0.2) is 28.7 Å². The lowest BCUT2D eigenvalue weighted by molar-refractivity contribution is -0.146. The molecule has 1 N–H and O–H groups in total. The van der Waals surface area contributed by atoms with Crippen molar-refractivity contribution in [2.45, 2.75) is 63.1 Å². The van der Waals surface area contributed by atoms with Crippen LogP contribution < -0.4 is 5.32 Å². The molecule has 0 radical (unpaired) electrons. The van der Waals surface area contributed by atoms with E-state index >= 15 is 0 Å². The van der Waals surface area contributed by atoms with Crippen LogP contribution in [0.3, 0.4) is 0 Å². The van der Waals surface area contributed by atoms with Crippen LogP contribution in [0, 0.1) is 0 Å². The number of carbonyl (C=O) groups excluding carboxylic acids is 2. The maximum absolute atomic E-state index is 12.7. The second-order valence-electron chi connectivity index (χ2n) is 7.20. The van der Waals surface area contributed by atoms with Gasteiger partial charge in [0.1, 0.15) is 12.1 Å². The van der Waals surface area contributed by atoms with E-state index in [-0.39, 0.29) is 18.6 Å². The van der Waals surface area contributed by atoms with Gasteiger partial charge in [-0.05, 0) is 32.8 Å². The number of benzene rings is 1. The quantitative estimate of drug-likeness (QED) is 0.696. The van der Waals surface area contributed by atoms with Gasteiger partial charge in [-0.1, -0.05) is 37.5 Å². The van der Waals surface area contributed by atoms with E-state index < -0.39 is 5.97 Å². The van der Waals surface area contributed by atoms with Crippen molar-refractivity contribution in [2.75, 3.05) is 6.54 Å². The number of thioether (sulfide) groups is 1. The van der Waals surface area contributed by atoms with Crippen molar-refractivity contribution in [1.82, 2.24) is 5.32 Å². The molecule has 1 aromatic heterocycles.